The molecule has 2 saturated carbocycles. The van der Waals surface area contributed by atoms with E-state index in [2.05, 4.69) is 15.4 Å². The monoisotopic (exact) mass is 373 g/mol. The molecule has 7 heteroatoms. The van der Waals surface area contributed by atoms with E-state index in [0.717, 1.165) is 43.1 Å². The first-order valence-electron chi connectivity index (χ1n) is 9.55. The molecule has 0 unspecified atom stereocenters. The summed E-state index contributed by atoms with van der Waals surface area (Å²) in [6, 6.07) is 4.39. The molecule has 2 aliphatic carbocycles. The molecule has 4 rings (SSSR count). The molecule has 0 aromatic carbocycles. The average molecular weight is 374 g/mol. The van der Waals surface area contributed by atoms with Crippen molar-refractivity contribution in [3.63, 3.8) is 0 Å². The first-order valence-corrected chi connectivity index (χ1v) is 10.4. The van der Waals surface area contributed by atoms with Gasteiger partial charge in [-0.25, -0.2) is 9.67 Å². The van der Waals surface area contributed by atoms with Crippen LogP contribution < -0.4 is 15.8 Å². The van der Waals surface area contributed by atoms with Gasteiger partial charge in [0.05, 0.1) is 11.7 Å². The zero-order chi connectivity index (χ0) is 18.1. The van der Waals surface area contributed by atoms with Gasteiger partial charge in [0.25, 0.3) is 5.56 Å². The summed E-state index contributed by atoms with van der Waals surface area (Å²) in [7, 11) is 4.04. The van der Waals surface area contributed by atoms with Crippen LogP contribution in [0.4, 0.5) is 5.13 Å². The highest BCUT2D eigenvalue weighted by Crippen LogP contribution is 2.38. The highest BCUT2D eigenvalue weighted by Gasteiger charge is 2.28. The van der Waals surface area contributed by atoms with E-state index in [9.17, 15) is 4.79 Å². The molecule has 2 aliphatic rings. The number of nitrogens with zero attached hydrogens (tertiary/aromatic N) is 4. The predicted octanol–water partition coefficient (Wildman–Crippen LogP) is 2.92. The molecule has 0 radical (unpaired) electrons. The largest absolute Gasteiger partial charge is 0.354 e. The molecule has 2 fully saturated rings. The minimum absolute atomic E-state index is 0.0479. The van der Waals surface area contributed by atoms with Crippen LogP contribution in [0, 0.1) is 0 Å². The number of rotatable bonds is 6. The third kappa shape index (κ3) is 3.99. The Balaban J connectivity index is 1.31. The summed E-state index contributed by atoms with van der Waals surface area (Å²) in [5.74, 6) is 0.589. The molecular formula is C19H27N5OS. The Morgan fingerprint density at radius 3 is 2.62 bits per heavy atom. The molecule has 26 heavy (non-hydrogen) atoms. The third-order valence-corrected chi connectivity index (χ3v) is 6.54. The second-order valence-corrected chi connectivity index (χ2v) is 8.80. The van der Waals surface area contributed by atoms with Crippen LogP contribution in [0.3, 0.4) is 0 Å². The summed E-state index contributed by atoms with van der Waals surface area (Å²) in [5.41, 5.74) is 1.15. The molecule has 2 aromatic rings. The molecule has 0 aliphatic heterocycles. The fraction of sp³-hybridized carbons (Fsp3) is 0.632. The number of anilines is 1. The van der Waals surface area contributed by atoms with Gasteiger partial charge < -0.3 is 10.2 Å². The van der Waals surface area contributed by atoms with Crippen LogP contribution in [0.1, 0.15) is 61.1 Å². The van der Waals surface area contributed by atoms with Crippen LogP contribution in [0.2, 0.25) is 0 Å². The van der Waals surface area contributed by atoms with E-state index in [-0.39, 0.29) is 11.6 Å². The first-order chi connectivity index (χ1) is 12.6. The molecule has 0 spiro atoms. The highest BCUT2D eigenvalue weighted by molar-refractivity contribution is 7.15. The molecule has 0 atom stereocenters. The Labute approximate surface area is 158 Å². The van der Waals surface area contributed by atoms with Crippen LogP contribution in [0.15, 0.2) is 23.1 Å². The van der Waals surface area contributed by atoms with Crippen molar-refractivity contribution in [3.8, 4) is 0 Å². The molecule has 1 N–H and O–H groups in total. The summed E-state index contributed by atoms with van der Waals surface area (Å²) in [5, 5.41) is 9.38. The minimum atomic E-state index is 0.0479. The van der Waals surface area contributed by atoms with Gasteiger partial charge in [-0.05, 0) is 44.6 Å². The lowest BCUT2D eigenvalue weighted by Crippen LogP contribution is -2.36. The molecule has 0 saturated heterocycles. The van der Waals surface area contributed by atoms with Gasteiger partial charge in [-0.1, -0.05) is 0 Å². The summed E-state index contributed by atoms with van der Waals surface area (Å²) in [6.45, 7) is 0.871. The van der Waals surface area contributed by atoms with Crippen LogP contribution in [0.5, 0.6) is 0 Å². The van der Waals surface area contributed by atoms with E-state index >= 15 is 0 Å². The molecule has 0 amide bonds. The van der Waals surface area contributed by atoms with Crippen LogP contribution in [-0.2, 0) is 6.54 Å². The van der Waals surface area contributed by atoms with Crippen molar-refractivity contribution in [1.82, 2.24) is 20.1 Å². The van der Waals surface area contributed by atoms with Crippen LogP contribution in [-0.4, -0.2) is 34.9 Å². The van der Waals surface area contributed by atoms with E-state index in [1.165, 1.54) is 17.7 Å². The van der Waals surface area contributed by atoms with Gasteiger partial charge in [0.1, 0.15) is 0 Å². The predicted molar refractivity (Wildman–Crippen MR) is 105 cm³/mol. The van der Waals surface area contributed by atoms with Crippen LogP contribution in [0.25, 0.3) is 0 Å². The van der Waals surface area contributed by atoms with Crippen molar-refractivity contribution >= 4 is 16.5 Å². The number of hydrogen-bond donors (Lipinski definition) is 1. The first kappa shape index (κ1) is 17.7. The Bertz CT molecular complexity index is 802. The van der Waals surface area contributed by atoms with E-state index in [1.807, 2.05) is 31.3 Å². The molecule has 2 heterocycles. The quantitative estimate of drug-likeness (QED) is 0.843. The molecular weight excluding hydrogens is 346 g/mol. The summed E-state index contributed by atoms with van der Waals surface area (Å²) < 4.78 is 1.76. The fourth-order valence-electron chi connectivity index (χ4n) is 3.65. The van der Waals surface area contributed by atoms with Gasteiger partial charge >= 0.3 is 0 Å². The molecule has 140 valence electrons. The van der Waals surface area contributed by atoms with Crippen molar-refractivity contribution < 1.29 is 0 Å². The number of hydrogen-bond acceptors (Lipinski definition) is 6. The number of thiazole rings is 1. The van der Waals surface area contributed by atoms with Crippen LogP contribution >= 0.6 is 11.3 Å². The topological polar surface area (TPSA) is 63.1 Å². The molecule has 0 bridgehead atoms. The molecule has 2 aromatic heterocycles. The highest BCUT2D eigenvalue weighted by atomic mass is 32.1. The maximum Gasteiger partial charge on any atom is 0.267 e. The minimum Gasteiger partial charge on any atom is -0.354 e. The van der Waals surface area contributed by atoms with E-state index in [0.29, 0.717) is 12.0 Å². The van der Waals surface area contributed by atoms with Crippen molar-refractivity contribution in [2.45, 2.75) is 63.1 Å². The standard InChI is InChI=1S/C19H27N5OS/c1-23(2)19-21-12-16(26-19)11-20-14-5-7-15(8-6-14)24-18(25)10-9-17(22-24)13-3-4-13/h9-10,12-15,20H,3-8,11H2,1-2H3. The molecule has 6 nitrogen and oxygen atoms in total. The zero-order valence-corrected chi connectivity index (χ0v) is 16.3. The zero-order valence-electron chi connectivity index (χ0n) is 15.5. The maximum atomic E-state index is 12.2. The maximum absolute atomic E-state index is 12.2. The summed E-state index contributed by atoms with van der Waals surface area (Å²) in [4.78, 5) is 20.0. The Hall–Kier alpha value is -1.73. The van der Waals surface area contributed by atoms with Gasteiger partial charge in [0.15, 0.2) is 5.13 Å². The lowest BCUT2D eigenvalue weighted by Gasteiger charge is -2.29. The van der Waals surface area contributed by atoms with Gasteiger partial charge in [0.2, 0.25) is 0 Å². The number of nitrogens with one attached hydrogen (secondary N) is 1. The van der Waals surface area contributed by atoms with Gasteiger partial charge in [-0.15, -0.1) is 11.3 Å². The third-order valence-electron chi connectivity index (χ3n) is 5.37. The summed E-state index contributed by atoms with van der Waals surface area (Å²) >= 11 is 1.74. The van der Waals surface area contributed by atoms with Crippen molar-refractivity contribution in [3.05, 3.63) is 39.3 Å². The van der Waals surface area contributed by atoms with Gasteiger partial charge in [-0.3, -0.25) is 4.79 Å². The van der Waals surface area contributed by atoms with Crippen molar-refractivity contribution in [2.75, 3.05) is 19.0 Å². The van der Waals surface area contributed by atoms with E-state index in [1.54, 1.807) is 22.1 Å². The Morgan fingerprint density at radius 2 is 1.96 bits per heavy atom. The van der Waals surface area contributed by atoms with Crippen molar-refractivity contribution in [2.24, 2.45) is 0 Å². The van der Waals surface area contributed by atoms with Gasteiger partial charge in [-0.2, -0.15) is 5.10 Å². The SMILES string of the molecule is CN(C)c1ncc(CNC2CCC(n3nc(C4CC4)ccc3=O)CC2)s1. The smallest absolute Gasteiger partial charge is 0.267 e. The van der Waals surface area contributed by atoms with E-state index < -0.39 is 0 Å². The lowest BCUT2D eigenvalue weighted by molar-refractivity contribution is 0.267. The van der Waals surface area contributed by atoms with Crippen molar-refractivity contribution in [1.29, 1.82) is 0 Å². The normalized spacial score (nSPS) is 23.2. The second-order valence-electron chi connectivity index (χ2n) is 7.71. The fourth-order valence-corrected chi connectivity index (χ4v) is 4.44. The average Bonchev–Trinajstić information content (AvgIpc) is 3.38. The Morgan fingerprint density at radius 1 is 1.19 bits per heavy atom. The van der Waals surface area contributed by atoms with Gasteiger partial charge in [0, 0.05) is 49.7 Å². The number of aromatic nitrogens is 3. The Kier molecular flexibility index (Phi) is 5.09. The van der Waals surface area contributed by atoms with E-state index in [4.69, 9.17) is 0 Å². The second kappa shape index (κ2) is 7.48. The lowest BCUT2D eigenvalue weighted by atomic mass is 9.91. The summed E-state index contributed by atoms with van der Waals surface area (Å²) in [6.07, 6.45) is 8.61.